The van der Waals surface area contributed by atoms with E-state index in [0.717, 1.165) is 25.0 Å². The van der Waals surface area contributed by atoms with Gasteiger partial charge in [-0.2, -0.15) is 0 Å². The van der Waals surface area contributed by atoms with Crippen molar-refractivity contribution in [2.45, 2.75) is 73.3 Å². The van der Waals surface area contributed by atoms with Gasteiger partial charge in [0.2, 0.25) is 11.8 Å². The van der Waals surface area contributed by atoms with E-state index in [1.54, 1.807) is 19.1 Å². The van der Waals surface area contributed by atoms with Gasteiger partial charge < -0.3 is 14.8 Å². The maximum Gasteiger partial charge on any atom is 0.243 e. The maximum absolute atomic E-state index is 12.4. The van der Waals surface area contributed by atoms with Crippen LogP contribution < -0.4 is 10.8 Å². The second-order valence-electron chi connectivity index (χ2n) is 9.75. The van der Waals surface area contributed by atoms with E-state index in [0.29, 0.717) is 37.8 Å². The van der Waals surface area contributed by atoms with E-state index in [1.807, 2.05) is 26.0 Å². The number of nitrogens with one attached hydrogen (secondary N) is 2. The molecule has 0 fully saturated rings. The predicted octanol–water partition coefficient (Wildman–Crippen LogP) is 4.67. The minimum Gasteiger partial charge on any atom is -0.379 e. The Balaban J connectivity index is 2.19. The summed E-state index contributed by atoms with van der Waals surface area (Å²) in [6.07, 6.45) is 3.07. The van der Waals surface area contributed by atoms with Gasteiger partial charge >= 0.3 is 0 Å². The summed E-state index contributed by atoms with van der Waals surface area (Å²) in [6.45, 7) is 12.4. The van der Waals surface area contributed by atoms with Crippen molar-refractivity contribution in [3.05, 3.63) is 29.8 Å². The summed E-state index contributed by atoms with van der Waals surface area (Å²) in [5, 5.41) is 2.83. The van der Waals surface area contributed by atoms with Crippen LogP contribution in [0.5, 0.6) is 0 Å². The molecule has 8 nitrogen and oxygen atoms in total. The number of benzene rings is 1. The Morgan fingerprint density at radius 3 is 2.11 bits per heavy atom. The third-order valence-electron chi connectivity index (χ3n) is 5.19. The fourth-order valence-electron chi connectivity index (χ4n) is 3.20. The van der Waals surface area contributed by atoms with Crippen LogP contribution in [0.3, 0.4) is 0 Å². The number of hydrogen-bond donors (Lipinski definition) is 2. The standard InChI is InChI=1S/C27H44N2O6/c1-20(2)7-6-13-33-15-16-34-14-12-25(30)18-22(5)27(32)28-24-10-8-23(9-11-24)19-35-29-26(31)17-21(3)4/h8-11,20-22H,6-7,12-19H2,1-5H3,(H,28,32)(H,29,31)/t22-/m1/s1. The highest BCUT2D eigenvalue weighted by Crippen LogP contribution is 2.14. The first-order chi connectivity index (χ1) is 16.7. The first-order valence-corrected chi connectivity index (χ1v) is 12.6. The van der Waals surface area contributed by atoms with Crippen molar-refractivity contribution in [1.82, 2.24) is 5.48 Å². The van der Waals surface area contributed by atoms with Gasteiger partial charge in [-0.25, -0.2) is 5.48 Å². The Bertz CT molecular complexity index is 749. The molecule has 0 unspecified atom stereocenters. The number of ketones is 1. The van der Waals surface area contributed by atoms with Crippen molar-refractivity contribution >= 4 is 23.3 Å². The van der Waals surface area contributed by atoms with Gasteiger partial charge in [-0.05, 0) is 42.4 Å². The van der Waals surface area contributed by atoms with Crippen LogP contribution in [0, 0.1) is 17.8 Å². The number of amides is 2. The molecule has 0 bridgehead atoms. The highest BCUT2D eigenvalue weighted by atomic mass is 16.6. The molecule has 2 amide bonds. The average molecular weight is 493 g/mol. The Kier molecular flexibility index (Phi) is 15.8. The van der Waals surface area contributed by atoms with Crippen LogP contribution in [0.15, 0.2) is 24.3 Å². The number of anilines is 1. The molecule has 0 aromatic heterocycles. The van der Waals surface area contributed by atoms with E-state index in [-0.39, 0.29) is 43.0 Å². The zero-order chi connectivity index (χ0) is 26.1. The Hall–Kier alpha value is -2.29. The summed E-state index contributed by atoms with van der Waals surface area (Å²) in [7, 11) is 0. The fourth-order valence-corrected chi connectivity index (χ4v) is 3.20. The predicted molar refractivity (Wildman–Crippen MR) is 137 cm³/mol. The highest BCUT2D eigenvalue weighted by molar-refractivity contribution is 5.95. The number of Topliss-reactive ketones (excluding diaryl/α,β-unsaturated/α-hetero) is 1. The fraction of sp³-hybridized carbons (Fsp3) is 0.667. The first-order valence-electron chi connectivity index (χ1n) is 12.6. The normalized spacial score (nSPS) is 12.1. The third kappa shape index (κ3) is 16.1. The van der Waals surface area contributed by atoms with Crippen LogP contribution in [0.4, 0.5) is 5.69 Å². The smallest absolute Gasteiger partial charge is 0.243 e. The molecule has 35 heavy (non-hydrogen) atoms. The minimum absolute atomic E-state index is 0.00230. The lowest BCUT2D eigenvalue weighted by molar-refractivity contribution is -0.135. The number of carbonyl (C=O) groups excluding carboxylic acids is 3. The number of carbonyl (C=O) groups is 3. The Labute approximate surface area is 210 Å². The van der Waals surface area contributed by atoms with Gasteiger partial charge in [0.1, 0.15) is 5.78 Å². The molecular formula is C27H44N2O6. The molecule has 1 aromatic carbocycles. The lowest BCUT2D eigenvalue weighted by atomic mass is 10.0. The molecule has 8 heteroatoms. The van der Waals surface area contributed by atoms with Gasteiger partial charge in [0.05, 0.1) is 26.4 Å². The average Bonchev–Trinajstić information content (AvgIpc) is 2.78. The molecule has 198 valence electrons. The molecule has 0 aliphatic carbocycles. The summed E-state index contributed by atoms with van der Waals surface area (Å²) in [5.74, 6) is 0.150. The van der Waals surface area contributed by atoms with Crippen molar-refractivity contribution in [3.8, 4) is 0 Å². The van der Waals surface area contributed by atoms with E-state index >= 15 is 0 Å². The molecule has 0 heterocycles. The topological polar surface area (TPSA) is 103 Å². The molecular weight excluding hydrogens is 448 g/mol. The van der Waals surface area contributed by atoms with Crippen LogP contribution in [0.2, 0.25) is 0 Å². The molecule has 0 saturated heterocycles. The molecule has 0 spiro atoms. The summed E-state index contributed by atoms with van der Waals surface area (Å²) < 4.78 is 11.0. The molecule has 0 radical (unpaired) electrons. The Morgan fingerprint density at radius 1 is 0.829 bits per heavy atom. The molecule has 2 N–H and O–H groups in total. The van der Waals surface area contributed by atoms with Crippen LogP contribution in [-0.4, -0.2) is 44.0 Å². The van der Waals surface area contributed by atoms with E-state index in [4.69, 9.17) is 14.3 Å². The number of ether oxygens (including phenoxy) is 2. The zero-order valence-corrected chi connectivity index (χ0v) is 22.1. The lowest BCUT2D eigenvalue weighted by Crippen LogP contribution is -2.24. The minimum atomic E-state index is -0.439. The van der Waals surface area contributed by atoms with E-state index in [9.17, 15) is 14.4 Å². The summed E-state index contributed by atoms with van der Waals surface area (Å²) in [6, 6.07) is 7.15. The van der Waals surface area contributed by atoms with Gasteiger partial charge in [0.15, 0.2) is 0 Å². The lowest BCUT2D eigenvalue weighted by Gasteiger charge is -2.12. The van der Waals surface area contributed by atoms with Gasteiger partial charge in [0, 0.05) is 37.5 Å². The van der Waals surface area contributed by atoms with E-state index in [2.05, 4.69) is 24.6 Å². The van der Waals surface area contributed by atoms with Crippen molar-refractivity contribution in [3.63, 3.8) is 0 Å². The number of hydroxylamine groups is 1. The second-order valence-corrected chi connectivity index (χ2v) is 9.75. The molecule has 1 rings (SSSR count). The van der Waals surface area contributed by atoms with Crippen LogP contribution in [0.1, 0.15) is 72.3 Å². The van der Waals surface area contributed by atoms with Crippen molar-refractivity contribution in [1.29, 1.82) is 0 Å². The Morgan fingerprint density at radius 2 is 1.49 bits per heavy atom. The molecule has 0 aliphatic heterocycles. The monoisotopic (exact) mass is 492 g/mol. The van der Waals surface area contributed by atoms with Crippen molar-refractivity contribution < 1.29 is 28.7 Å². The number of rotatable bonds is 19. The van der Waals surface area contributed by atoms with Gasteiger partial charge in [-0.1, -0.05) is 46.8 Å². The quantitative estimate of drug-likeness (QED) is 0.215. The van der Waals surface area contributed by atoms with Crippen molar-refractivity contribution in [2.75, 3.05) is 31.7 Å². The molecule has 1 aromatic rings. The van der Waals surface area contributed by atoms with Crippen molar-refractivity contribution in [2.24, 2.45) is 17.8 Å². The molecule has 0 aliphatic rings. The molecule has 1 atom stereocenters. The number of hydrogen-bond acceptors (Lipinski definition) is 6. The summed E-state index contributed by atoms with van der Waals surface area (Å²) in [4.78, 5) is 41.4. The van der Waals surface area contributed by atoms with E-state index < -0.39 is 5.92 Å². The molecule has 0 saturated carbocycles. The van der Waals surface area contributed by atoms with Gasteiger partial charge in [0.25, 0.3) is 0 Å². The van der Waals surface area contributed by atoms with Crippen LogP contribution in [0.25, 0.3) is 0 Å². The van der Waals surface area contributed by atoms with Gasteiger partial charge in [-0.3, -0.25) is 19.2 Å². The third-order valence-corrected chi connectivity index (χ3v) is 5.19. The van der Waals surface area contributed by atoms with E-state index in [1.165, 1.54) is 0 Å². The SMILES string of the molecule is CC(C)CCCOCCOCCC(=O)C[C@@H](C)C(=O)Nc1ccc(CONC(=O)CC(C)C)cc1. The van der Waals surface area contributed by atoms with Crippen LogP contribution in [-0.2, 0) is 35.3 Å². The highest BCUT2D eigenvalue weighted by Gasteiger charge is 2.17. The van der Waals surface area contributed by atoms with Crippen LogP contribution >= 0.6 is 0 Å². The summed E-state index contributed by atoms with van der Waals surface area (Å²) >= 11 is 0. The van der Waals surface area contributed by atoms with Gasteiger partial charge in [-0.15, -0.1) is 0 Å². The second kappa shape index (κ2) is 18.0. The first kappa shape index (κ1) is 30.7. The zero-order valence-electron chi connectivity index (χ0n) is 22.1. The largest absolute Gasteiger partial charge is 0.379 e. The summed E-state index contributed by atoms with van der Waals surface area (Å²) in [5.41, 5.74) is 3.92. The maximum atomic E-state index is 12.4.